The number of anilines is 1. The van der Waals surface area contributed by atoms with Crippen molar-refractivity contribution < 1.29 is 9.15 Å². The summed E-state index contributed by atoms with van der Waals surface area (Å²) >= 11 is 13.5. The molecule has 2 saturated heterocycles. The highest BCUT2D eigenvalue weighted by Crippen LogP contribution is 2.38. The van der Waals surface area contributed by atoms with Crippen molar-refractivity contribution >= 4 is 51.0 Å². The van der Waals surface area contributed by atoms with Gasteiger partial charge in [-0.3, -0.25) is 14.7 Å². The SMILES string of the molecule is CN(C)C1CCN(Cc2cc(C(N)(c3nc4cc(Oc5ccnc6[nH]ccc56)ccc4o3)N(C)C3CCN(Cc4cc(N)ccc4Cl)C3)ccc2Cl)C1. The molecule has 3 aromatic carbocycles. The molecule has 5 N–H and O–H groups in total. The zero-order valence-corrected chi connectivity index (χ0v) is 31.7. The van der Waals surface area contributed by atoms with E-state index in [2.05, 4.69) is 56.8 Å². The molecule has 11 nitrogen and oxygen atoms in total. The fourth-order valence-electron chi connectivity index (χ4n) is 7.83. The summed E-state index contributed by atoms with van der Waals surface area (Å²) in [4.78, 5) is 21.9. The van der Waals surface area contributed by atoms with Crippen LogP contribution in [0.5, 0.6) is 11.5 Å². The average molecular weight is 755 g/mol. The molecule has 2 fully saturated rings. The number of fused-ring (bicyclic) bond motifs is 2. The second kappa shape index (κ2) is 14.6. The molecule has 0 bridgehead atoms. The van der Waals surface area contributed by atoms with Crippen LogP contribution in [0.2, 0.25) is 10.0 Å². The number of oxazole rings is 1. The number of benzene rings is 3. The predicted molar refractivity (Wildman–Crippen MR) is 211 cm³/mol. The number of aromatic nitrogens is 3. The number of nitrogens with one attached hydrogen (secondary N) is 1. The molecule has 0 amide bonds. The number of aromatic amines is 1. The van der Waals surface area contributed by atoms with Crippen LogP contribution in [0.3, 0.4) is 0 Å². The molecular formula is C40H45Cl2N9O2. The van der Waals surface area contributed by atoms with E-state index in [1.54, 1.807) is 6.20 Å². The summed E-state index contributed by atoms with van der Waals surface area (Å²) in [6.07, 6.45) is 5.59. The van der Waals surface area contributed by atoms with Gasteiger partial charge in [-0.2, -0.15) is 0 Å². The number of H-pyrrole nitrogens is 1. The van der Waals surface area contributed by atoms with Crippen molar-refractivity contribution in [1.29, 1.82) is 0 Å². The Morgan fingerprint density at radius 1 is 0.906 bits per heavy atom. The van der Waals surface area contributed by atoms with E-state index >= 15 is 0 Å². The lowest BCUT2D eigenvalue weighted by molar-refractivity contribution is 0.0857. The Kier molecular flexibility index (Phi) is 9.84. The van der Waals surface area contributed by atoms with Gasteiger partial charge in [0.1, 0.15) is 22.7 Å². The van der Waals surface area contributed by atoms with Gasteiger partial charge in [0.15, 0.2) is 11.2 Å². The normalized spacial score (nSPS) is 19.6. The van der Waals surface area contributed by atoms with Crippen LogP contribution in [0.15, 0.2) is 83.5 Å². The fourth-order valence-corrected chi connectivity index (χ4v) is 8.19. The number of ether oxygens (including phenoxy) is 1. The van der Waals surface area contributed by atoms with Crippen molar-refractivity contribution in [1.82, 2.24) is 34.6 Å². The van der Waals surface area contributed by atoms with E-state index in [0.29, 0.717) is 56.8 Å². The van der Waals surface area contributed by atoms with Crippen molar-refractivity contribution in [3.05, 3.63) is 112 Å². The van der Waals surface area contributed by atoms with Gasteiger partial charge in [0.25, 0.3) is 0 Å². The Morgan fingerprint density at radius 2 is 1.62 bits per heavy atom. The number of pyridine rings is 1. The van der Waals surface area contributed by atoms with E-state index in [9.17, 15) is 0 Å². The van der Waals surface area contributed by atoms with Crippen molar-refractivity contribution in [3.63, 3.8) is 0 Å². The van der Waals surface area contributed by atoms with Crippen LogP contribution >= 0.6 is 23.2 Å². The predicted octanol–water partition coefficient (Wildman–Crippen LogP) is 6.89. The van der Waals surface area contributed by atoms with Crippen LogP contribution in [0.4, 0.5) is 5.69 Å². The maximum atomic E-state index is 7.68. The smallest absolute Gasteiger partial charge is 0.235 e. The number of rotatable bonds is 11. The highest BCUT2D eigenvalue weighted by atomic mass is 35.5. The summed E-state index contributed by atoms with van der Waals surface area (Å²) in [5.74, 6) is 1.72. The molecular weight excluding hydrogens is 709 g/mol. The number of nitrogens with zero attached hydrogens (tertiary/aromatic N) is 6. The third-order valence-corrected chi connectivity index (χ3v) is 11.7. The molecule has 13 heteroatoms. The Hall–Kier alpha value is -4.20. The highest BCUT2D eigenvalue weighted by molar-refractivity contribution is 6.31. The van der Waals surface area contributed by atoms with E-state index in [4.69, 9.17) is 48.8 Å². The van der Waals surface area contributed by atoms with Crippen LogP contribution in [-0.2, 0) is 18.8 Å². The summed E-state index contributed by atoms with van der Waals surface area (Å²) < 4.78 is 12.9. The number of nitrogens with two attached hydrogens (primary N) is 2. The Balaban J connectivity index is 1.13. The quantitative estimate of drug-likeness (QED) is 0.0951. The molecule has 2 aliphatic rings. The van der Waals surface area contributed by atoms with E-state index < -0.39 is 5.66 Å². The summed E-state index contributed by atoms with van der Waals surface area (Å²) in [6, 6.07) is 21.8. The summed E-state index contributed by atoms with van der Waals surface area (Å²) in [7, 11) is 6.35. The number of hydrogen-bond acceptors (Lipinski definition) is 10. The zero-order chi connectivity index (χ0) is 36.9. The van der Waals surface area contributed by atoms with Crippen LogP contribution in [0.1, 0.15) is 35.4 Å². The van der Waals surface area contributed by atoms with Crippen LogP contribution in [-0.4, -0.2) is 94.0 Å². The Bertz CT molecular complexity index is 2260. The minimum absolute atomic E-state index is 0.0859. The number of hydrogen-bond donors (Lipinski definition) is 3. The van der Waals surface area contributed by atoms with Crippen molar-refractivity contribution in [2.75, 3.05) is 53.1 Å². The molecule has 6 aromatic rings. The van der Waals surface area contributed by atoms with Gasteiger partial charge in [0.2, 0.25) is 5.89 Å². The number of likely N-dealkylation sites (N-methyl/N-ethyl adjacent to an activating group) is 2. The van der Waals surface area contributed by atoms with Gasteiger partial charge in [-0.05, 0) is 105 Å². The second-order valence-electron chi connectivity index (χ2n) is 14.7. The van der Waals surface area contributed by atoms with Gasteiger partial charge in [-0.15, -0.1) is 0 Å². The third-order valence-electron chi connectivity index (χ3n) is 11.0. The monoisotopic (exact) mass is 753 g/mol. The summed E-state index contributed by atoms with van der Waals surface area (Å²) in [6.45, 7) is 5.07. The lowest BCUT2D eigenvalue weighted by Crippen LogP contribution is -2.57. The average Bonchev–Trinajstić information content (AvgIpc) is 3.97. The number of halogens is 2. The molecule has 3 unspecified atom stereocenters. The third kappa shape index (κ3) is 7.10. The molecule has 0 aliphatic carbocycles. The Labute approximate surface area is 319 Å². The lowest BCUT2D eigenvalue weighted by Gasteiger charge is -2.40. The molecule has 5 heterocycles. The van der Waals surface area contributed by atoms with Crippen LogP contribution < -0.4 is 16.2 Å². The molecule has 0 saturated carbocycles. The standard InChI is InChI=1S/C40H45Cl2N9O2/c1-48(2)29-12-16-50(23-29)21-25-18-27(4-7-33(25)41)40(44,49(3)30-13-17-51(24-30)22-26-19-28(43)5-8-34(26)42)39-47-35-20-31(6-9-37(35)53-39)52-36-11-15-46-38-32(36)10-14-45-38/h4-11,14-15,18-20,29-30H,12-13,16-17,21-24,43-44H2,1-3H3,(H,45,46). The van der Waals surface area contributed by atoms with Gasteiger partial charge in [-0.1, -0.05) is 29.3 Å². The topological polar surface area (TPSA) is 129 Å². The van der Waals surface area contributed by atoms with Gasteiger partial charge in [-0.25, -0.2) is 9.97 Å². The first-order valence-corrected chi connectivity index (χ1v) is 18.8. The fraction of sp³-hybridized carbons (Fsp3) is 0.350. The zero-order valence-electron chi connectivity index (χ0n) is 30.2. The first kappa shape index (κ1) is 35.8. The number of likely N-dealkylation sites (tertiary alicyclic amines) is 2. The molecule has 8 rings (SSSR count). The first-order valence-electron chi connectivity index (χ1n) is 18.0. The van der Waals surface area contributed by atoms with Gasteiger partial charge in [0, 0.05) is 85.5 Å². The van der Waals surface area contributed by atoms with Crippen molar-refractivity contribution in [3.8, 4) is 11.5 Å². The molecule has 0 radical (unpaired) electrons. The number of nitrogen functional groups attached to an aromatic ring is 1. The van der Waals surface area contributed by atoms with E-state index in [1.165, 1.54) is 0 Å². The minimum Gasteiger partial charge on any atom is -0.456 e. The second-order valence-corrected chi connectivity index (χ2v) is 15.5. The summed E-state index contributed by atoms with van der Waals surface area (Å²) in [5.41, 5.74) is 18.2. The maximum Gasteiger partial charge on any atom is 0.235 e. The van der Waals surface area contributed by atoms with E-state index in [0.717, 1.165) is 73.3 Å². The van der Waals surface area contributed by atoms with Crippen LogP contribution in [0.25, 0.3) is 22.1 Å². The molecule has 53 heavy (non-hydrogen) atoms. The molecule has 3 atom stereocenters. The van der Waals surface area contributed by atoms with Gasteiger partial charge >= 0.3 is 0 Å². The lowest BCUT2D eigenvalue weighted by atomic mass is 9.94. The van der Waals surface area contributed by atoms with Crippen molar-refractivity contribution in [2.24, 2.45) is 5.73 Å². The maximum absolute atomic E-state index is 7.68. The first-order chi connectivity index (χ1) is 25.5. The highest BCUT2D eigenvalue weighted by Gasteiger charge is 2.44. The molecule has 2 aliphatic heterocycles. The van der Waals surface area contributed by atoms with Crippen LogP contribution in [0, 0.1) is 0 Å². The van der Waals surface area contributed by atoms with E-state index in [-0.39, 0.29) is 6.04 Å². The summed E-state index contributed by atoms with van der Waals surface area (Å²) in [5, 5.41) is 2.32. The van der Waals surface area contributed by atoms with Gasteiger partial charge in [0.05, 0.1) is 5.39 Å². The molecule has 3 aromatic heterocycles. The van der Waals surface area contributed by atoms with E-state index in [1.807, 2.05) is 66.9 Å². The molecule has 0 spiro atoms. The Morgan fingerprint density at radius 3 is 2.38 bits per heavy atom. The minimum atomic E-state index is -1.23. The van der Waals surface area contributed by atoms with Gasteiger partial charge < -0.3 is 30.5 Å². The largest absolute Gasteiger partial charge is 0.456 e. The van der Waals surface area contributed by atoms with Crippen molar-refractivity contribution in [2.45, 2.75) is 43.7 Å². The molecule has 276 valence electrons.